The van der Waals surface area contributed by atoms with Gasteiger partial charge in [-0.25, -0.2) is 0 Å². The molecule has 92 valence electrons. The Morgan fingerprint density at radius 2 is 2.25 bits per heavy atom. The van der Waals surface area contributed by atoms with Gasteiger partial charge in [0.1, 0.15) is 0 Å². The quantitative estimate of drug-likeness (QED) is 0.777. The Kier molecular flexibility index (Phi) is 3.22. The normalized spacial score (nSPS) is 32.2. The van der Waals surface area contributed by atoms with E-state index in [4.69, 9.17) is 10.5 Å². The fraction of sp³-hybridized carbons (Fsp3) is 0.917. The predicted molar refractivity (Wildman–Crippen MR) is 62.0 cm³/mol. The van der Waals surface area contributed by atoms with E-state index < -0.39 is 0 Å². The van der Waals surface area contributed by atoms with Crippen molar-refractivity contribution < 1.29 is 9.53 Å². The maximum atomic E-state index is 12.1. The van der Waals surface area contributed by atoms with Crippen LogP contribution < -0.4 is 5.73 Å². The summed E-state index contributed by atoms with van der Waals surface area (Å²) in [6.45, 7) is 2.79. The van der Waals surface area contributed by atoms with Gasteiger partial charge in [-0.15, -0.1) is 0 Å². The van der Waals surface area contributed by atoms with Crippen LogP contribution in [0.15, 0.2) is 0 Å². The Balaban J connectivity index is 1.88. The van der Waals surface area contributed by atoms with Crippen LogP contribution in [0.1, 0.15) is 39.0 Å². The van der Waals surface area contributed by atoms with Crippen LogP contribution in [-0.2, 0) is 9.53 Å². The minimum atomic E-state index is -0.214. The summed E-state index contributed by atoms with van der Waals surface area (Å²) in [6, 6.07) is 0.233. The molecule has 1 heterocycles. The first-order valence-corrected chi connectivity index (χ1v) is 6.18. The number of ether oxygens (including phenoxy) is 1. The van der Waals surface area contributed by atoms with Crippen LogP contribution in [0.25, 0.3) is 0 Å². The molecule has 2 aliphatic rings. The number of amides is 1. The number of hydrogen-bond donors (Lipinski definition) is 1. The van der Waals surface area contributed by atoms with Gasteiger partial charge in [0.2, 0.25) is 5.91 Å². The molecule has 0 radical (unpaired) electrons. The number of hydrogen-bond acceptors (Lipinski definition) is 3. The molecule has 0 aromatic heterocycles. The molecule has 2 atom stereocenters. The number of nitrogens with two attached hydrogens (primary N) is 1. The average molecular weight is 226 g/mol. The van der Waals surface area contributed by atoms with Crippen molar-refractivity contribution in [2.45, 2.75) is 56.7 Å². The van der Waals surface area contributed by atoms with E-state index in [9.17, 15) is 4.79 Å². The van der Waals surface area contributed by atoms with Gasteiger partial charge < -0.3 is 15.4 Å². The zero-order valence-corrected chi connectivity index (χ0v) is 10.2. The molecule has 2 N–H and O–H groups in total. The molecule has 2 unspecified atom stereocenters. The third-order valence-electron chi connectivity index (χ3n) is 4.08. The molecular formula is C12H22N2O2. The molecule has 1 saturated heterocycles. The van der Waals surface area contributed by atoms with E-state index in [0.717, 1.165) is 32.3 Å². The number of carbonyl (C=O) groups is 1. The average Bonchev–Trinajstić information content (AvgIpc) is 2.61. The number of likely N-dealkylation sites (N-methyl/N-ethyl adjacent to an activating group) is 1. The van der Waals surface area contributed by atoms with E-state index in [1.54, 1.807) is 0 Å². The van der Waals surface area contributed by atoms with Gasteiger partial charge >= 0.3 is 0 Å². The zero-order chi connectivity index (χ0) is 11.8. The molecule has 4 nitrogen and oxygen atoms in total. The second-order valence-electron chi connectivity index (χ2n) is 5.33. The molecule has 1 amide bonds. The van der Waals surface area contributed by atoms with Crippen LogP contribution in [-0.4, -0.2) is 42.1 Å². The van der Waals surface area contributed by atoms with Crippen LogP contribution in [0.3, 0.4) is 0 Å². The van der Waals surface area contributed by atoms with Crippen LogP contribution >= 0.6 is 0 Å². The molecule has 1 aliphatic heterocycles. The summed E-state index contributed by atoms with van der Waals surface area (Å²) in [4.78, 5) is 13.9. The van der Waals surface area contributed by atoms with Crippen molar-refractivity contribution in [2.24, 2.45) is 5.73 Å². The molecule has 0 bridgehead atoms. The maximum Gasteiger partial charge on any atom is 0.224 e. The largest absolute Gasteiger partial charge is 0.376 e. The Bertz CT molecular complexity index is 276. The summed E-state index contributed by atoms with van der Waals surface area (Å²) in [7, 11) is 1.88. The molecule has 1 saturated carbocycles. The minimum Gasteiger partial charge on any atom is -0.376 e. The van der Waals surface area contributed by atoms with Gasteiger partial charge in [0, 0.05) is 25.6 Å². The lowest BCUT2D eigenvalue weighted by atomic mass is 9.75. The van der Waals surface area contributed by atoms with Crippen molar-refractivity contribution >= 4 is 5.91 Å². The maximum absolute atomic E-state index is 12.1. The van der Waals surface area contributed by atoms with E-state index >= 15 is 0 Å². The molecule has 1 aliphatic carbocycles. The van der Waals surface area contributed by atoms with Crippen molar-refractivity contribution in [3.63, 3.8) is 0 Å². The Labute approximate surface area is 97.1 Å². The third kappa shape index (κ3) is 2.23. The topological polar surface area (TPSA) is 55.6 Å². The van der Waals surface area contributed by atoms with Gasteiger partial charge in [0.25, 0.3) is 0 Å². The van der Waals surface area contributed by atoms with Crippen LogP contribution in [0.5, 0.6) is 0 Å². The Hall–Kier alpha value is -0.610. The highest BCUT2D eigenvalue weighted by molar-refractivity contribution is 5.77. The molecule has 0 aromatic carbocycles. The van der Waals surface area contributed by atoms with Gasteiger partial charge in [-0.3, -0.25) is 4.79 Å². The summed E-state index contributed by atoms with van der Waals surface area (Å²) in [5.74, 6) is 0.171. The van der Waals surface area contributed by atoms with Crippen LogP contribution in [0.2, 0.25) is 0 Å². The van der Waals surface area contributed by atoms with Crippen LogP contribution in [0.4, 0.5) is 0 Å². The smallest absolute Gasteiger partial charge is 0.224 e. The minimum absolute atomic E-state index is 0.157. The monoisotopic (exact) mass is 226 g/mol. The first-order valence-electron chi connectivity index (χ1n) is 6.18. The van der Waals surface area contributed by atoms with Gasteiger partial charge in [-0.1, -0.05) is 0 Å². The molecular weight excluding hydrogens is 204 g/mol. The summed E-state index contributed by atoms with van der Waals surface area (Å²) in [5.41, 5.74) is 5.88. The fourth-order valence-electron chi connectivity index (χ4n) is 2.65. The van der Waals surface area contributed by atoms with E-state index in [-0.39, 0.29) is 23.6 Å². The van der Waals surface area contributed by atoms with Gasteiger partial charge in [-0.05, 0) is 32.6 Å². The molecule has 16 heavy (non-hydrogen) atoms. The van der Waals surface area contributed by atoms with E-state index in [1.165, 1.54) is 0 Å². The summed E-state index contributed by atoms with van der Waals surface area (Å²) in [5, 5.41) is 0. The SMILES string of the molecule is CC1OCCC1N(C)C(=O)CC1(N)CCC1. The first-order chi connectivity index (χ1) is 7.52. The molecule has 2 rings (SSSR count). The fourth-order valence-corrected chi connectivity index (χ4v) is 2.65. The van der Waals surface area contributed by atoms with Gasteiger partial charge in [0.05, 0.1) is 12.1 Å². The number of nitrogens with zero attached hydrogens (tertiary/aromatic N) is 1. The number of carbonyl (C=O) groups excluding carboxylic acids is 1. The van der Waals surface area contributed by atoms with E-state index in [0.29, 0.717) is 6.42 Å². The Morgan fingerprint density at radius 3 is 2.69 bits per heavy atom. The lowest BCUT2D eigenvalue weighted by molar-refractivity contribution is -0.135. The van der Waals surface area contributed by atoms with Gasteiger partial charge in [0.15, 0.2) is 0 Å². The second kappa shape index (κ2) is 4.34. The summed E-state index contributed by atoms with van der Waals surface area (Å²) >= 11 is 0. The van der Waals surface area contributed by atoms with Crippen molar-refractivity contribution in [3.05, 3.63) is 0 Å². The Morgan fingerprint density at radius 1 is 1.56 bits per heavy atom. The van der Waals surface area contributed by atoms with E-state index in [1.807, 2.05) is 18.9 Å². The van der Waals surface area contributed by atoms with Crippen molar-refractivity contribution in [2.75, 3.05) is 13.7 Å². The summed E-state index contributed by atoms with van der Waals surface area (Å²) in [6.07, 6.45) is 4.74. The van der Waals surface area contributed by atoms with Gasteiger partial charge in [-0.2, -0.15) is 0 Å². The summed E-state index contributed by atoms with van der Waals surface area (Å²) < 4.78 is 5.48. The highest BCUT2D eigenvalue weighted by atomic mass is 16.5. The molecule has 0 spiro atoms. The highest BCUT2D eigenvalue weighted by Gasteiger charge is 2.38. The van der Waals surface area contributed by atoms with Crippen LogP contribution in [0, 0.1) is 0 Å². The lowest BCUT2D eigenvalue weighted by Gasteiger charge is -2.39. The lowest BCUT2D eigenvalue weighted by Crippen LogP contribution is -2.52. The van der Waals surface area contributed by atoms with Crippen molar-refractivity contribution in [3.8, 4) is 0 Å². The standard InChI is InChI=1S/C12H22N2O2/c1-9-10(4-7-16-9)14(2)11(15)8-12(13)5-3-6-12/h9-10H,3-8,13H2,1-2H3. The molecule has 2 fully saturated rings. The van der Waals surface area contributed by atoms with Crippen molar-refractivity contribution in [1.82, 2.24) is 4.90 Å². The predicted octanol–water partition coefficient (Wildman–Crippen LogP) is 0.894. The zero-order valence-electron chi connectivity index (χ0n) is 10.2. The molecule has 4 heteroatoms. The number of rotatable bonds is 3. The first kappa shape index (κ1) is 11.9. The van der Waals surface area contributed by atoms with E-state index in [2.05, 4.69) is 0 Å². The second-order valence-corrected chi connectivity index (χ2v) is 5.33. The highest BCUT2D eigenvalue weighted by Crippen LogP contribution is 2.33. The third-order valence-corrected chi connectivity index (χ3v) is 4.08. The molecule has 0 aromatic rings. The van der Waals surface area contributed by atoms with Crippen molar-refractivity contribution in [1.29, 1.82) is 0 Å².